The predicted molar refractivity (Wildman–Crippen MR) is 71.2 cm³/mol. The van der Waals surface area contributed by atoms with Crippen LogP contribution in [0.15, 0.2) is 0 Å². The Balaban J connectivity index is 2.00. The van der Waals surface area contributed by atoms with E-state index in [-0.39, 0.29) is 6.10 Å². The van der Waals surface area contributed by atoms with Gasteiger partial charge >= 0.3 is 0 Å². The topological polar surface area (TPSA) is 41.5 Å². The number of nitrogens with one attached hydrogen (secondary N) is 1. The fraction of sp³-hybridized carbons (Fsp3) is 1.00. The van der Waals surface area contributed by atoms with Gasteiger partial charge in [-0.15, -0.1) is 0 Å². The molecule has 1 aliphatic carbocycles. The third-order valence-corrected chi connectivity index (χ3v) is 3.73. The average Bonchev–Trinajstić information content (AvgIpc) is 2.85. The maximum atomic E-state index is 9.75. The quantitative estimate of drug-likeness (QED) is 0.611. The van der Waals surface area contributed by atoms with E-state index in [2.05, 4.69) is 19.2 Å². The van der Waals surface area contributed by atoms with Gasteiger partial charge in [-0.1, -0.05) is 26.2 Å². The van der Waals surface area contributed by atoms with E-state index in [1.54, 1.807) is 0 Å². The SMILES string of the molecule is CCCCOCC(O)CN[C@@H](C)C1CCCC1. The van der Waals surface area contributed by atoms with Crippen molar-refractivity contribution in [3.05, 3.63) is 0 Å². The highest BCUT2D eigenvalue weighted by molar-refractivity contribution is 4.78. The first-order valence-electron chi connectivity index (χ1n) is 7.23. The Morgan fingerprint density at radius 3 is 2.71 bits per heavy atom. The van der Waals surface area contributed by atoms with Crippen LogP contribution in [0.25, 0.3) is 0 Å². The van der Waals surface area contributed by atoms with E-state index in [1.165, 1.54) is 25.7 Å². The fourth-order valence-electron chi connectivity index (χ4n) is 2.47. The van der Waals surface area contributed by atoms with Crippen molar-refractivity contribution in [1.29, 1.82) is 0 Å². The highest BCUT2D eigenvalue weighted by atomic mass is 16.5. The molecule has 0 saturated heterocycles. The molecule has 0 amide bonds. The summed E-state index contributed by atoms with van der Waals surface area (Å²) in [7, 11) is 0. The molecule has 102 valence electrons. The van der Waals surface area contributed by atoms with Crippen LogP contribution in [0.2, 0.25) is 0 Å². The smallest absolute Gasteiger partial charge is 0.0897 e. The number of aliphatic hydroxyl groups excluding tert-OH is 1. The molecule has 0 heterocycles. The van der Waals surface area contributed by atoms with Crippen LogP contribution >= 0.6 is 0 Å². The van der Waals surface area contributed by atoms with Gasteiger partial charge in [0.1, 0.15) is 0 Å². The van der Waals surface area contributed by atoms with Crippen LogP contribution < -0.4 is 5.32 Å². The summed E-state index contributed by atoms with van der Waals surface area (Å²) < 4.78 is 5.40. The summed E-state index contributed by atoms with van der Waals surface area (Å²) in [6.07, 6.45) is 7.30. The standard InChI is InChI=1S/C14H29NO2/c1-3-4-9-17-11-14(16)10-15-12(2)13-7-5-6-8-13/h12-16H,3-11H2,1-2H3/t12-,14?/m0/s1. The molecular weight excluding hydrogens is 214 g/mol. The van der Waals surface area contributed by atoms with Gasteiger partial charge in [-0.05, 0) is 32.1 Å². The summed E-state index contributed by atoms with van der Waals surface area (Å²) in [4.78, 5) is 0. The van der Waals surface area contributed by atoms with Crippen LogP contribution in [0.4, 0.5) is 0 Å². The lowest BCUT2D eigenvalue weighted by Crippen LogP contribution is -2.39. The number of unbranched alkanes of at least 4 members (excludes halogenated alkanes) is 1. The molecule has 0 aromatic heterocycles. The molecular formula is C14H29NO2. The van der Waals surface area contributed by atoms with E-state index in [0.717, 1.165) is 25.4 Å². The van der Waals surface area contributed by atoms with Crippen molar-refractivity contribution in [2.24, 2.45) is 5.92 Å². The van der Waals surface area contributed by atoms with E-state index in [4.69, 9.17) is 4.74 Å². The molecule has 0 spiro atoms. The Morgan fingerprint density at radius 1 is 1.35 bits per heavy atom. The normalized spacial score (nSPS) is 20.6. The molecule has 17 heavy (non-hydrogen) atoms. The van der Waals surface area contributed by atoms with E-state index < -0.39 is 0 Å². The maximum absolute atomic E-state index is 9.75. The van der Waals surface area contributed by atoms with Gasteiger partial charge in [-0.2, -0.15) is 0 Å². The van der Waals surface area contributed by atoms with Crippen molar-refractivity contribution >= 4 is 0 Å². The van der Waals surface area contributed by atoms with E-state index in [9.17, 15) is 5.11 Å². The number of hydrogen-bond donors (Lipinski definition) is 2. The van der Waals surface area contributed by atoms with Crippen LogP contribution in [-0.2, 0) is 4.74 Å². The molecule has 1 fully saturated rings. The van der Waals surface area contributed by atoms with Gasteiger partial charge in [0.25, 0.3) is 0 Å². The summed E-state index contributed by atoms with van der Waals surface area (Å²) >= 11 is 0. The van der Waals surface area contributed by atoms with Gasteiger partial charge in [0.05, 0.1) is 12.7 Å². The van der Waals surface area contributed by atoms with Crippen molar-refractivity contribution in [2.75, 3.05) is 19.8 Å². The Bertz CT molecular complexity index is 181. The summed E-state index contributed by atoms with van der Waals surface area (Å²) in [6, 6.07) is 0.530. The molecule has 3 nitrogen and oxygen atoms in total. The number of ether oxygens (including phenoxy) is 1. The van der Waals surface area contributed by atoms with Crippen LogP contribution in [-0.4, -0.2) is 37.0 Å². The first-order valence-corrected chi connectivity index (χ1v) is 7.23. The summed E-state index contributed by atoms with van der Waals surface area (Å²) in [6.45, 7) is 6.27. The molecule has 0 aliphatic heterocycles. The summed E-state index contributed by atoms with van der Waals surface area (Å²) in [5.74, 6) is 0.809. The van der Waals surface area contributed by atoms with Crippen LogP contribution in [0.5, 0.6) is 0 Å². The van der Waals surface area contributed by atoms with Gasteiger partial charge < -0.3 is 15.2 Å². The van der Waals surface area contributed by atoms with Crippen LogP contribution in [0.3, 0.4) is 0 Å². The molecule has 2 N–H and O–H groups in total. The fourth-order valence-corrected chi connectivity index (χ4v) is 2.47. The average molecular weight is 243 g/mol. The van der Waals surface area contributed by atoms with E-state index in [0.29, 0.717) is 19.2 Å². The highest BCUT2D eigenvalue weighted by Crippen LogP contribution is 2.27. The predicted octanol–water partition coefficient (Wildman–Crippen LogP) is 2.33. The van der Waals surface area contributed by atoms with Gasteiger partial charge in [-0.25, -0.2) is 0 Å². The molecule has 3 heteroatoms. The molecule has 1 aliphatic rings. The first kappa shape index (κ1) is 14.9. The molecule has 2 atom stereocenters. The second-order valence-electron chi connectivity index (χ2n) is 5.32. The van der Waals surface area contributed by atoms with Crippen molar-refractivity contribution in [2.45, 2.75) is 64.5 Å². The Morgan fingerprint density at radius 2 is 2.06 bits per heavy atom. The minimum absolute atomic E-state index is 0.365. The minimum atomic E-state index is -0.365. The number of hydrogen-bond acceptors (Lipinski definition) is 3. The zero-order chi connectivity index (χ0) is 12.5. The van der Waals surface area contributed by atoms with Crippen LogP contribution in [0, 0.1) is 5.92 Å². The first-order chi connectivity index (χ1) is 8.24. The summed E-state index contributed by atoms with van der Waals surface area (Å²) in [5, 5.41) is 13.2. The lowest BCUT2D eigenvalue weighted by Gasteiger charge is -2.22. The Hall–Kier alpha value is -0.120. The second-order valence-corrected chi connectivity index (χ2v) is 5.32. The Labute approximate surface area is 106 Å². The third kappa shape index (κ3) is 6.39. The second kappa shape index (κ2) is 8.90. The van der Waals surface area contributed by atoms with Crippen molar-refractivity contribution in [3.63, 3.8) is 0 Å². The Kier molecular flexibility index (Phi) is 7.82. The molecule has 0 aromatic carbocycles. The largest absolute Gasteiger partial charge is 0.389 e. The van der Waals surface area contributed by atoms with Crippen molar-refractivity contribution < 1.29 is 9.84 Å². The maximum Gasteiger partial charge on any atom is 0.0897 e. The van der Waals surface area contributed by atoms with Crippen LogP contribution in [0.1, 0.15) is 52.4 Å². The molecule has 1 unspecified atom stereocenters. The highest BCUT2D eigenvalue weighted by Gasteiger charge is 2.21. The number of rotatable bonds is 9. The van der Waals surface area contributed by atoms with Gasteiger partial charge in [0.15, 0.2) is 0 Å². The van der Waals surface area contributed by atoms with Gasteiger partial charge in [0, 0.05) is 19.2 Å². The molecule has 0 bridgehead atoms. The van der Waals surface area contributed by atoms with Gasteiger partial charge in [-0.3, -0.25) is 0 Å². The van der Waals surface area contributed by atoms with E-state index in [1.807, 2.05) is 0 Å². The monoisotopic (exact) mass is 243 g/mol. The zero-order valence-electron chi connectivity index (χ0n) is 11.5. The molecule has 0 aromatic rings. The molecule has 0 radical (unpaired) electrons. The number of aliphatic hydroxyl groups is 1. The lowest BCUT2D eigenvalue weighted by molar-refractivity contribution is 0.0339. The third-order valence-electron chi connectivity index (χ3n) is 3.73. The molecule has 1 saturated carbocycles. The van der Waals surface area contributed by atoms with Gasteiger partial charge in [0.2, 0.25) is 0 Å². The van der Waals surface area contributed by atoms with E-state index >= 15 is 0 Å². The van der Waals surface area contributed by atoms with Crippen molar-refractivity contribution in [3.8, 4) is 0 Å². The van der Waals surface area contributed by atoms with Crippen molar-refractivity contribution in [1.82, 2.24) is 5.32 Å². The minimum Gasteiger partial charge on any atom is -0.389 e. The zero-order valence-corrected chi connectivity index (χ0v) is 11.5. The lowest BCUT2D eigenvalue weighted by atomic mass is 10.00. The summed E-state index contributed by atoms with van der Waals surface area (Å²) in [5.41, 5.74) is 0. The molecule has 1 rings (SSSR count).